The molecule has 2 N–H and O–H groups in total. The Morgan fingerprint density at radius 3 is 2.50 bits per heavy atom. The lowest BCUT2D eigenvalue weighted by Gasteiger charge is -2.28. The van der Waals surface area contributed by atoms with Gasteiger partial charge in [0.2, 0.25) is 0 Å². The molecule has 114 valence electrons. The third kappa shape index (κ3) is 3.28. The van der Waals surface area contributed by atoms with Gasteiger partial charge in [-0.05, 0) is 33.4 Å². The van der Waals surface area contributed by atoms with E-state index in [1.165, 1.54) is 0 Å². The first-order valence-corrected chi connectivity index (χ1v) is 6.90. The van der Waals surface area contributed by atoms with Crippen LogP contribution in [0.2, 0.25) is 0 Å². The molecule has 0 aromatic rings. The number of carboxylic acids is 1. The maximum Gasteiger partial charge on any atom is 0.332 e. The van der Waals surface area contributed by atoms with Crippen LogP contribution in [-0.2, 0) is 14.3 Å². The summed E-state index contributed by atoms with van der Waals surface area (Å²) in [7, 11) is 3.83. The van der Waals surface area contributed by atoms with E-state index in [9.17, 15) is 14.7 Å². The Morgan fingerprint density at radius 2 is 1.95 bits per heavy atom. The number of hydrogen-bond donors (Lipinski definition) is 2. The van der Waals surface area contributed by atoms with E-state index in [1.54, 1.807) is 4.90 Å². The van der Waals surface area contributed by atoms with Crippen LogP contribution in [0.4, 0.5) is 0 Å². The maximum absolute atomic E-state index is 12.4. The Balaban J connectivity index is 1.99. The van der Waals surface area contributed by atoms with E-state index < -0.39 is 24.3 Å². The molecule has 7 nitrogen and oxygen atoms in total. The minimum absolute atomic E-state index is 0.0417. The van der Waals surface area contributed by atoms with Gasteiger partial charge in [-0.25, -0.2) is 4.79 Å². The summed E-state index contributed by atoms with van der Waals surface area (Å²) in [6, 6.07) is -0.0417. The lowest BCUT2D eigenvalue weighted by Crippen LogP contribution is -2.46. The van der Waals surface area contributed by atoms with Crippen LogP contribution >= 0.6 is 0 Å². The summed E-state index contributed by atoms with van der Waals surface area (Å²) in [5, 5.41) is 18.7. The summed E-state index contributed by atoms with van der Waals surface area (Å²) in [5.41, 5.74) is 0. The van der Waals surface area contributed by atoms with Crippen molar-refractivity contribution < 1.29 is 24.5 Å². The van der Waals surface area contributed by atoms with Crippen LogP contribution in [0, 0.1) is 0 Å². The molecule has 2 unspecified atom stereocenters. The van der Waals surface area contributed by atoms with Crippen molar-refractivity contribution >= 4 is 11.9 Å². The van der Waals surface area contributed by atoms with Crippen molar-refractivity contribution in [1.82, 2.24) is 9.80 Å². The van der Waals surface area contributed by atoms with Crippen molar-refractivity contribution in [3.8, 4) is 0 Å². The lowest BCUT2D eigenvalue weighted by molar-refractivity contribution is -0.155. The number of carbonyl (C=O) groups is 2. The average molecular weight is 286 g/mol. The number of amides is 1. The highest BCUT2D eigenvalue weighted by atomic mass is 16.5. The fourth-order valence-electron chi connectivity index (χ4n) is 2.94. The minimum atomic E-state index is -1.02. The molecule has 20 heavy (non-hydrogen) atoms. The zero-order valence-corrected chi connectivity index (χ0v) is 11.9. The van der Waals surface area contributed by atoms with Crippen LogP contribution in [0.3, 0.4) is 0 Å². The Kier molecular flexibility index (Phi) is 4.62. The number of carboxylic acid groups (broad SMARTS) is 1. The molecule has 2 fully saturated rings. The predicted octanol–water partition coefficient (Wildman–Crippen LogP) is -0.858. The van der Waals surface area contributed by atoms with Crippen LogP contribution in [0.1, 0.15) is 19.3 Å². The van der Waals surface area contributed by atoms with E-state index in [2.05, 4.69) is 0 Å². The number of β-amino-alcohol motifs (C(OH)–C–C–N with tert-alkyl or cyclic N) is 1. The molecule has 2 heterocycles. The Labute approximate surface area is 118 Å². The first kappa shape index (κ1) is 15.2. The molecule has 1 amide bonds. The van der Waals surface area contributed by atoms with E-state index in [-0.39, 0.29) is 11.9 Å². The second kappa shape index (κ2) is 6.07. The largest absolute Gasteiger partial charge is 0.479 e. The van der Waals surface area contributed by atoms with Crippen LogP contribution in [-0.4, -0.2) is 83.4 Å². The molecule has 0 saturated carbocycles. The Hall–Kier alpha value is -1.18. The second-order valence-corrected chi connectivity index (χ2v) is 5.83. The molecule has 4 atom stereocenters. The number of ether oxygens (including phenoxy) is 1. The maximum atomic E-state index is 12.4. The summed E-state index contributed by atoms with van der Waals surface area (Å²) in [6.45, 7) is 0.979. The van der Waals surface area contributed by atoms with Gasteiger partial charge < -0.3 is 24.7 Å². The van der Waals surface area contributed by atoms with Gasteiger partial charge in [0.05, 0.1) is 6.10 Å². The van der Waals surface area contributed by atoms with Crippen LogP contribution < -0.4 is 0 Å². The van der Waals surface area contributed by atoms with E-state index >= 15 is 0 Å². The van der Waals surface area contributed by atoms with E-state index in [0.29, 0.717) is 32.4 Å². The molecule has 2 saturated heterocycles. The molecule has 0 aromatic carbocycles. The first-order valence-electron chi connectivity index (χ1n) is 6.90. The van der Waals surface area contributed by atoms with Gasteiger partial charge in [-0.15, -0.1) is 0 Å². The van der Waals surface area contributed by atoms with Gasteiger partial charge in [-0.3, -0.25) is 4.79 Å². The van der Waals surface area contributed by atoms with Crippen LogP contribution in [0.15, 0.2) is 0 Å². The lowest BCUT2D eigenvalue weighted by atomic mass is 10.1. The van der Waals surface area contributed by atoms with Crippen molar-refractivity contribution in [3.05, 3.63) is 0 Å². The number of carbonyl (C=O) groups excluding carboxylic acids is 1. The topological polar surface area (TPSA) is 90.3 Å². The summed E-state index contributed by atoms with van der Waals surface area (Å²) >= 11 is 0. The SMILES string of the molecule is CN(C)CC1CC(O)CN1C(=O)[C@@H]1CC[C@H](C(=O)O)O1. The first-order chi connectivity index (χ1) is 9.38. The second-order valence-electron chi connectivity index (χ2n) is 5.83. The monoisotopic (exact) mass is 286 g/mol. The fraction of sp³-hybridized carbons (Fsp3) is 0.846. The molecular formula is C13H22N2O5. The molecule has 7 heteroatoms. The number of aliphatic hydroxyl groups excluding tert-OH is 1. The number of likely N-dealkylation sites (tertiary alicyclic amines) is 1. The van der Waals surface area contributed by atoms with Gasteiger partial charge in [-0.1, -0.05) is 0 Å². The summed E-state index contributed by atoms with van der Waals surface area (Å²) in [6.07, 6.45) is -0.744. The summed E-state index contributed by atoms with van der Waals surface area (Å²) in [4.78, 5) is 26.9. The minimum Gasteiger partial charge on any atom is -0.479 e. The number of rotatable bonds is 4. The quantitative estimate of drug-likeness (QED) is 0.699. The summed E-state index contributed by atoms with van der Waals surface area (Å²) < 4.78 is 5.30. The number of hydrogen-bond acceptors (Lipinski definition) is 5. The average Bonchev–Trinajstić information content (AvgIpc) is 2.94. The standard InChI is InChI=1S/C13H22N2O5/c1-14(2)6-8-5-9(16)7-15(8)12(17)10-3-4-11(20-10)13(18)19/h8-11,16H,3-7H2,1-2H3,(H,18,19)/t8?,9?,10-,11+/m0/s1. The zero-order valence-electron chi connectivity index (χ0n) is 11.9. The normalized spacial score (nSPS) is 33.9. The smallest absolute Gasteiger partial charge is 0.332 e. The third-order valence-corrected chi connectivity index (χ3v) is 3.82. The highest BCUT2D eigenvalue weighted by molar-refractivity contribution is 5.83. The van der Waals surface area contributed by atoms with Gasteiger partial charge in [0.15, 0.2) is 6.10 Å². The number of nitrogens with zero attached hydrogens (tertiary/aromatic N) is 2. The van der Waals surface area contributed by atoms with E-state index in [4.69, 9.17) is 9.84 Å². The number of aliphatic carboxylic acids is 1. The molecule has 0 aromatic heterocycles. The van der Waals surface area contributed by atoms with Gasteiger partial charge in [0, 0.05) is 19.1 Å². The van der Waals surface area contributed by atoms with E-state index in [1.807, 2.05) is 19.0 Å². The summed E-state index contributed by atoms with van der Waals surface area (Å²) in [5.74, 6) is -1.22. The predicted molar refractivity (Wildman–Crippen MR) is 70.2 cm³/mol. The Morgan fingerprint density at radius 1 is 1.30 bits per heavy atom. The van der Waals surface area contributed by atoms with Crippen molar-refractivity contribution in [2.75, 3.05) is 27.2 Å². The van der Waals surface area contributed by atoms with E-state index in [0.717, 1.165) is 0 Å². The third-order valence-electron chi connectivity index (χ3n) is 3.82. The van der Waals surface area contributed by atoms with Gasteiger partial charge in [0.25, 0.3) is 5.91 Å². The highest BCUT2D eigenvalue weighted by Crippen LogP contribution is 2.26. The number of aliphatic hydroxyl groups is 1. The van der Waals surface area contributed by atoms with Crippen LogP contribution in [0.5, 0.6) is 0 Å². The van der Waals surface area contributed by atoms with Gasteiger partial charge >= 0.3 is 5.97 Å². The molecule has 0 bridgehead atoms. The van der Waals surface area contributed by atoms with Gasteiger partial charge in [0.1, 0.15) is 6.10 Å². The Bertz CT molecular complexity index is 387. The van der Waals surface area contributed by atoms with Crippen molar-refractivity contribution in [1.29, 1.82) is 0 Å². The van der Waals surface area contributed by atoms with Gasteiger partial charge in [-0.2, -0.15) is 0 Å². The zero-order chi connectivity index (χ0) is 14.9. The van der Waals surface area contributed by atoms with Crippen molar-refractivity contribution in [2.45, 2.75) is 43.6 Å². The van der Waals surface area contributed by atoms with Crippen LogP contribution in [0.25, 0.3) is 0 Å². The molecule has 0 spiro atoms. The molecule has 2 rings (SSSR count). The number of likely N-dealkylation sites (N-methyl/N-ethyl adjacent to an activating group) is 1. The van der Waals surface area contributed by atoms with Crippen molar-refractivity contribution in [3.63, 3.8) is 0 Å². The molecule has 0 radical (unpaired) electrons. The highest BCUT2D eigenvalue weighted by Gasteiger charge is 2.41. The van der Waals surface area contributed by atoms with Crippen molar-refractivity contribution in [2.24, 2.45) is 0 Å². The molecule has 2 aliphatic rings. The fourth-order valence-corrected chi connectivity index (χ4v) is 2.94. The molecule has 0 aliphatic carbocycles. The molecular weight excluding hydrogens is 264 g/mol. The molecule has 2 aliphatic heterocycles.